The van der Waals surface area contributed by atoms with Gasteiger partial charge >= 0.3 is 0 Å². The Bertz CT molecular complexity index is 2470. The van der Waals surface area contributed by atoms with Gasteiger partial charge in [0, 0.05) is 50.0 Å². The molecule has 0 saturated carbocycles. The van der Waals surface area contributed by atoms with E-state index in [0.717, 1.165) is 44.6 Å². The Labute approximate surface area is 327 Å². The second kappa shape index (κ2) is 14.0. The van der Waals surface area contributed by atoms with Crippen LogP contribution in [0.4, 0.5) is 11.4 Å². The molecule has 5 aromatic carbocycles. The number of para-hydroxylation sites is 1. The molecule has 53 heavy (non-hydrogen) atoms. The molecule has 0 aliphatic carbocycles. The first-order valence-electron chi connectivity index (χ1n) is 17.9. The molecule has 1 aliphatic rings. The van der Waals surface area contributed by atoms with E-state index in [9.17, 15) is 0 Å². The molecule has 6 heteroatoms. The standard InChI is InChI=1S/C47H43N4O.Pt/c1-32-25-34(33-13-9-8-10-14-33)17-20-42(32)50-24-23-49(31-50)37-26-36(47(5,6)7)27-39(29-37)52-38-18-19-41-40-15-11-12-16-43(40)51(44(41)30-38)45-28-35(21-22-48-45)46(2,3)4;/h8-28,31H,1-7H3;/q-3;. The number of anilines is 2. The predicted octanol–water partition coefficient (Wildman–Crippen LogP) is 12.1. The number of rotatable bonds is 6. The third-order valence-electron chi connectivity index (χ3n) is 9.81. The topological polar surface area (TPSA) is 33.5 Å². The zero-order chi connectivity index (χ0) is 36.2. The van der Waals surface area contributed by atoms with Crippen molar-refractivity contribution in [1.82, 2.24) is 9.55 Å². The molecule has 0 amide bonds. The number of ether oxygens (including phenoxy) is 1. The van der Waals surface area contributed by atoms with Crippen molar-refractivity contribution in [3.05, 3.63) is 163 Å². The number of pyridine rings is 1. The van der Waals surface area contributed by atoms with Gasteiger partial charge in [-0.3, -0.25) is 0 Å². The molecule has 7 aromatic rings. The van der Waals surface area contributed by atoms with E-state index in [1.54, 1.807) is 0 Å². The smallest absolute Gasteiger partial charge is 0.135 e. The monoisotopic (exact) mass is 874 g/mol. The normalized spacial score (nSPS) is 13.2. The van der Waals surface area contributed by atoms with E-state index in [1.165, 1.54) is 22.3 Å². The van der Waals surface area contributed by atoms with Crippen LogP contribution < -0.4 is 14.5 Å². The van der Waals surface area contributed by atoms with Gasteiger partial charge in [0.15, 0.2) is 0 Å². The van der Waals surface area contributed by atoms with Crippen LogP contribution in [-0.4, -0.2) is 9.55 Å². The molecule has 0 N–H and O–H groups in total. The summed E-state index contributed by atoms with van der Waals surface area (Å²) in [5.41, 5.74) is 9.91. The molecular weight excluding hydrogens is 832 g/mol. The van der Waals surface area contributed by atoms with Gasteiger partial charge in [0.05, 0.1) is 0 Å². The van der Waals surface area contributed by atoms with E-state index in [0.29, 0.717) is 11.5 Å². The molecule has 0 fully saturated rings. The maximum atomic E-state index is 6.65. The van der Waals surface area contributed by atoms with Gasteiger partial charge in [-0.1, -0.05) is 102 Å². The van der Waals surface area contributed by atoms with Gasteiger partial charge in [-0.15, -0.1) is 53.6 Å². The van der Waals surface area contributed by atoms with Crippen LogP contribution in [0.5, 0.6) is 11.5 Å². The van der Waals surface area contributed by atoms with Crippen LogP contribution in [0.15, 0.2) is 128 Å². The molecule has 0 atom stereocenters. The first kappa shape index (κ1) is 36.2. The Hall–Kier alpha value is -5.12. The summed E-state index contributed by atoms with van der Waals surface area (Å²) in [6.07, 6.45) is 6.06. The minimum Gasteiger partial charge on any atom is -0.509 e. The fourth-order valence-corrected chi connectivity index (χ4v) is 6.85. The average molecular weight is 875 g/mol. The van der Waals surface area contributed by atoms with Gasteiger partial charge in [-0.05, 0) is 88.1 Å². The molecule has 0 unspecified atom stereocenters. The first-order valence-corrected chi connectivity index (χ1v) is 17.9. The van der Waals surface area contributed by atoms with Gasteiger partial charge in [0.2, 0.25) is 0 Å². The van der Waals surface area contributed by atoms with E-state index in [1.807, 2.05) is 18.3 Å². The summed E-state index contributed by atoms with van der Waals surface area (Å²) in [7, 11) is 0. The van der Waals surface area contributed by atoms with Crippen molar-refractivity contribution in [3.63, 3.8) is 0 Å². The maximum absolute atomic E-state index is 6.65. The van der Waals surface area contributed by atoms with Crippen LogP contribution in [0, 0.1) is 25.7 Å². The van der Waals surface area contributed by atoms with Crippen LogP contribution in [-0.2, 0) is 31.9 Å². The van der Waals surface area contributed by atoms with E-state index in [2.05, 4.69) is 191 Å². The summed E-state index contributed by atoms with van der Waals surface area (Å²) >= 11 is 0. The molecule has 0 bridgehead atoms. The van der Waals surface area contributed by atoms with Crippen LogP contribution in [0.3, 0.4) is 0 Å². The van der Waals surface area contributed by atoms with Crippen LogP contribution in [0.1, 0.15) is 58.2 Å². The third-order valence-corrected chi connectivity index (χ3v) is 9.81. The fourth-order valence-electron chi connectivity index (χ4n) is 6.85. The predicted molar refractivity (Wildman–Crippen MR) is 215 cm³/mol. The molecule has 8 rings (SSSR count). The summed E-state index contributed by atoms with van der Waals surface area (Å²) < 4.78 is 8.84. The largest absolute Gasteiger partial charge is 0.509 e. The number of fused-ring (bicyclic) bond motifs is 3. The zero-order valence-corrected chi connectivity index (χ0v) is 33.5. The summed E-state index contributed by atoms with van der Waals surface area (Å²) in [5.74, 6) is 2.12. The van der Waals surface area contributed by atoms with Crippen LogP contribution in [0.25, 0.3) is 38.8 Å². The van der Waals surface area contributed by atoms with Gasteiger partial charge < -0.3 is 19.1 Å². The second-order valence-corrected chi connectivity index (χ2v) is 15.7. The summed E-state index contributed by atoms with van der Waals surface area (Å²) in [6, 6.07) is 45.5. The molecular formula is C47H43N4OPt-3. The summed E-state index contributed by atoms with van der Waals surface area (Å²) in [5, 5.41) is 2.25. The van der Waals surface area contributed by atoms with Gasteiger partial charge in [-0.2, -0.15) is 6.07 Å². The van der Waals surface area contributed by atoms with Crippen molar-refractivity contribution in [1.29, 1.82) is 0 Å². The minimum atomic E-state index is -0.112. The van der Waals surface area contributed by atoms with Crippen molar-refractivity contribution in [2.75, 3.05) is 9.80 Å². The Morgan fingerprint density at radius 2 is 1.38 bits per heavy atom. The maximum Gasteiger partial charge on any atom is 0.135 e. The van der Waals surface area contributed by atoms with E-state index >= 15 is 0 Å². The molecule has 3 heterocycles. The molecule has 0 radical (unpaired) electrons. The number of aromatic nitrogens is 2. The Morgan fingerprint density at radius 3 is 2.13 bits per heavy atom. The molecule has 2 aromatic heterocycles. The van der Waals surface area contributed by atoms with Crippen LogP contribution in [0.2, 0.25) is 0 Å². The van der Waals surface area contributed by atoms with Gasteiger partial charge in [-0.25, -0.2) is 4.98 Å². The van der Waals surface area contributed by atoms with Crippen LogP contribution >= 0.6 is 0 Å². The molecule has 0 spiro atoms. The van der Waals surface area contributed by atoms with Gasteiger partial charge in [0.25, 0.3) is 0 Å². The number of benzene rings is 5. The third kappa shape index (κ3) is 7.15. The fraction of sp³-hybridized carbons (Fsp3) is 0.191. The summed E-state index contributed by atoms with van der Waals surface area (Å²) in [6.45, 7) is 17.6. The number of nitrogens with zero attached hydrogens (tertiary/aromatic N) is 4. The van der Waals surface area contributed by atoms with Crippen molar-refractivity contribution in [2.24, 2.45) is 0 Å². The summed E-state index contributed by atoms with van der Waals surface area (Å²) in [4.78, 5) is 9.09. The number of hydrogen-bond donors (Lipinski definition) is 0. The minimum absolute atomic E-state index is 0. The molecule has 270 valence electrons. The van der Waals surface area contributed by atoms with Crippen molar-refractivity contribution >= 4 is 33.2 Å². The Morgan fingerprint density at radius 1 is 0.642 bits per heavy atom. The van der Waals surface area contributed by atoms with Crippen molar-refractivity contribution < 1.29 is 25.8 Å². The van der Waals surface area contributed by atoms with E-state index < -0.39 is 0 Å². The Balaban J connectivity index is 0.00000435. The average Bonchev–Trinajstić information content (AvgIpc) is 3.74. The number of aryl methyl sites for hydroxylation is 1. The number of hydrogen-bond acceptors (Lipinski definition) is 4. The molecule has 0 saturated heterocycles. The SMILES string of the molecule is Cc1cc(-c2ccccc2)ccc1N1C=CN(c2[c-]c(Oc3[c-]c4c(cc3)c3ccccc3n4-c3cc(C(C)(C)C)ccn3)cc(C(C)(C)C)c2)[CH-]1.[Pt]. The quantitative estimate of drug-likeness (QED) is 0.156. The second-order valence-electron chi connectivity index (χ2n) is 15.7. The first-order chi connectivity index (χ1) is 24.9. The van der Waals surface area contributed by atoms with Crippen molar-refractivity contribution in [3.8, 4) is 28.4 Å². The zero-order valence-electron chi connectivity index (χ0n) is 31.2. The van der Waals surface area contributed by atoms with Gasteiger partial charge in [0.1, 0.15) is 5.82 Å². The van der Waals surface area contributed by atoms with Crippen molar-refractivity contribution in [2.45, 2.75) is 59.3 Å². The molecule has 1 aliphatic heterocycles. The van der Waals surface area contributed by atoms with E-state index in [-0.39, 0.29) is 31.9 Å². The van der Waals surface area contributed by atoms with E-state index in [4.69, 9.17) is 9.72 Å². The Kier molecular flexibility index (Phi) is 9.59. The molecule has 5 nitrogen and oxygen atoms in total.